The summed E-state index contributed by atoms with van der Waals surface area (Å²) < 4.78 is 51.5. The zero-order chi connectivity index (χ0) is 14.8. The van der Waals surface area contributed by atoms with Gasteiger partial charge in [-0.3, -0.25) is 0 Å². The molecule has 0 aromatic heterocycles. The smallest absolute Gasteiger partial charge is 0.396 e. The van der Waals surface area contributed by atoms with Crippen LogP contribution in [-0.4, -0.2) is 28.0 Å². The Morgan fingerprint density at radius 2 is 1.79 bits per heavy atom. The summed E-state index contributed by atoms with van der Waals surface area (Å²) in [4.78, 5) is 0. The summed E-state index contributed by atoms with van der Waals surface area (Å²) in [6.45, 7) is -0.531. The fourth-order valence-electron chi connectivity index (χ4n) is 1.59. The van der Waals surface area contributed by atoms with E-state index >= 15 is 0 Å². The molecule has 0 saturated heterocycles. The molecule has 0 radical (unpaired) electrons. The summed E-state index contributed by atoms with van der Waals surface area (Å²) >= 11 is 0. The maximum Gasteiger partial charge on any atom is 0.416 e. The maximum absolute atomic E-state index is 13.2. The third kappa shape index (κ3) is 3.55. The van der Waals surface area contributed by atoms with E-state index in [2.05, 4.69) is 0 Å². The molecule has 0 aliphatic carbocycles. The van der Waals surface area contributed by atoms with Gasteiger partial charge in [-0.2, -0.15) is 13.2 Å². The summed E-state index contributed by atoms with van der Waals surface area (Å²) in [6.07, 6.45) is -8.81. The SMILES string of the molecule is Nc1cc(C(F)(F)F)c(C(O)C(O)CCO)cc1F. The molecular weight excluding hydrogens is 270 g/mol. The molecule has 0 aliphatic rings. The van der Waals surface area contributed by atoms with Gasteiger partial charge in [0.05, 0.1) is 17.4 Å². The van der Waals surface area contributed by atoms with Crippen LogP contribution in [0.3, 0.4) is 0 Å². The average Bonchev–Trinajstić information content (AvgIpc) is 2.30. The van der Waals surface area contributed by atoms with Crippen LogP contribution in [-0.2, 0) is 6.18 Å². The molecule has 108 valence electrons. The maximum atomic E-state index is 13.2. The summed E-state index contributed by atoms with van der Waals surface area (Å²) in [5.41, 5.74) is 2.21. The Balaban J connectivity index is 3.28. The Labute approximate surface area is 106 Å². The molecular formula is C11H13F4NO3. The molecule has 2 unspecified atom stereocenters. The average molecular weight is 283 g/mol. The number of hydrogen-bond donors (Lipinski definition) is 4. The molecule has 19 heavy (non-hydrogen) atoms. The van der Waals surface area contributed by atoms with E-state index in [1.807, 2.05) is 0 Å². The number of aliphatic hydroxyl groups is 3. The van der Waals surface area contributed by atoms with Crippen molar-refractivity contribution in [3.05, 3.63) is 29.1 Å². The van der Waals surface area contributed by atoms with E-state index in [1.54, 1.807) is 0 Å². The third-order valence-electron chi connectivity index (χ3n) is 2.58. The fraction of sp³-hybridized carbons (Fsp3) is 0.455. The standard InChI is InChI=1S/C11H13F4NO3/c12-7-3-5(10(19)9(18)1-2-17)6(4-8(7)16)11(13,14)15/h3-4,9-10,17-19H,1-2,16H2. The van der Waals surface area contributed by atoms with Crippen molar-refractivity contribution < 1.29 is 32.9 Å². The number of nitrogen functional groups attached to an aromatic ring is 1. The number of benzene rings is 1. The first-order chi connectivity index (χ1) is 8.68. The Morgan fingerprint density at radius 1 is 1.21 bits per heavy atom. The lowest BCUT2D eigenvalue weighted by Crippen LogP contribution is -2.23. The molecule has 0 spiro atoms. The molecule has 1 aromatic rings. The molecule has 2 atom stereocenters. The molecule has 0 bridgehead atoms. The zero-order valence-electron chi connectivity index (χ0n) is 9.65. The number of halogens is 4. The first-order valence-electron chi connectivity index (χ1n) is 5.31. The van der Waals surface area contributed by atoms with Crippen LogP contribution >= 0.6 is 0 Å². The van der Waals surface area contributed by atoms with E-state index in [9.17, 15) is 27.8 Å². The van der Waals surface area contributed by atoms with Crippen molar-refractivity contribution >= 4 is 5.69 Å². The van der Waals surface area contributed by atoms with Crippen LogP contribution in [0.2, 0.25) is 0 Å². The van der Waals surface area contributed by atoms with Crippen molar-refractivity contribution in [2.24, 2.45) is 0 Å². The summed E-state index contributed by atoms with van der Waals surface area (Å²) in [5, 5.41) is 27.6. The monoisotopic (exact) mass is 283 g/mol. The summed E-state index contributed by atoms with van der Waals surface area (Å²) in [7, 11) is 0. The van der Waals surface area contributed by atoms with Crippen LogP contribution in [0.1, 0.15) is 23.7 Å². The number of hydrogen-bond acceptors (Lipinski definition) is 4. The van der Waals surface area contributed by atoms with Crippen LogP contribution in [0, 0.1) is 5.82 Å². The number of rotatable bonds is 4. The van der Waals surface area contributed by atoms with Crippen molar-refractivity contribution in [1.29, 1.82) is 0 Å². The number of alkyl halides is 3. The lowest BCUT2D eigenvalue weighted by molar-refractivity contribution is -0.140. The van der Waals surface area contributed by atoms with Gasteiger partial charge < -0.3 is 21.1 Å². The van der Waals surface area contributed by atoms with Crippen molar-refractivity contribution in [3.63, 3.8) is 0 Å². The van der Waals surface area contributed by atoms with Gasteiger partial charge in [-0.25, -0.2) is 4.39 Å². The van der Waals surface area contributed by atoms with E-state index in [1.165, 1.54) is 0 Å². The highest BCUT2D eigenvalue weighted by Crippen LogP contribution is 2.37. The van der Waals surface area contributed by atoms with Gasteiger partial charge in [0, 0.05) is 6.61 Å². The van der Waals surface area contributed by atoms with Crippen LogP contribution in [0.4, 0.5) is 23.2 Å². The van der Waals surface area contributed by atoms with Gasteiger partial charge >= 0.3 is 6.18 Å². The molecule has 5 N–H and O–H groups in total. The summed E-state index contributed by atoms with van der Waals surface area (Å²) in [6, 6.07) is 0.795. The highest BCUT2D eigenvalue weighted by molar-refractivity contribution is 5.48. The van der Waals surface area contributed by atoms with Crippen molar-refractivity contribution in [1.82, 2.24) is 0 Å². The van der Waals surface area contributed by atoms with Crippen LogP contribution < -0.4 is 5.73 Å². The van der Waals surface area contributed by atoms with Gasteiger partial charge in [0.2, 0.25) is 0 Å². The lowest BCUT2D eigenvalue weighted by atomic mass is 9.96. The molecule has 0 heterocycles. The Kier molecular flexibility index (Phi) is 4.72. The van der Waals surface area contributed by atoms with Gasteiger partial charge in [0.25, 0.3) is 0 Å². The lowest BCUT2D eigenvalue weighted by Gasteiger charge is -2.22. The molecule has 4 nitrogen and oxygen atoms in total. The fourth-order valence-corrected chi connectivity index (χ4v) is 1.59. The van der Waals surface area contributed by atoms with Gasteiger partial charge in [-0.15, -0.1) is 0 Å². The van der Waals surface area contributed by atoms with E-state index < -0.39 is 47.6 Å². The van der Waals surface area contributed by atoms with Gasteiger partial charge in [-0.1, -0.05) is 0 Å². The quantitative estimate of drug-likeness (QED) is 0.494. The molecule has 0 aliphatic heterocycles. The van der Waals surface area contributed by atoms with E-state index in [0.29, 0.717) is 12.1 Å². The second-order valence-electron chi connectivity index (χ2n) is 3.98. The minimum Gasteiger partial charge on any atom is -0.396 e. The number of aliphatic hydroxyl groups excluding tert-OH is 3. The second kappa shape index (κ2) is 5.72. The minimum absolute atomic E-state index is 0.343. The largest absolute Gasteiger partial charge is 0.416 e. The predicted molar refractivity (Wildman–Crippen MR) is 58.5 cm³/mol. The Morgan fingerprint density at radius 3 is 2.26 bits per heavy atom. The topological polar surface area (TPSA) is 86.7 Å². The molecule has 8 heteroatoms. The highest BCUT2D eigenvalue weighted by Gasteiger charge is 2.37. The predicted octanol–water partition coefficient (Wildman–Crippen LogP) is 1.20. The molecule has 0 fully saturated rings. The van der Waals surface area contributed by atoms with Gasteiger partial charge in [0.15, 0.2) is 0 Å². The normalized spacial score (nSPS) is 15.3. The molecule has 1 rings (SSSR count). The zero-order valence-corrected chi connectivity index (χ0v) is 9.65. The molecule has 1 aromatic carbocycles. The first-order valence-corrected chi connectivity index (χ1v) is 5.31. The summed E-state index contributed by atoms with van der Waals surface area (Å²) in [5.74, 6) is -1.13. The van der Waals surface area contributed by atoms with Crippen molar-refractivity contribution in [2.45, 2.75) is 24.8 Å². The van der Waals surface area contributed by atoms with Crippen LogP contribution in [0.5, 0.6) is 0 Å². The van der Waals surface area contributed by atoms with E-state index in [4.69, 9.17) is 10.8 Å². The Bertz CT molecular complexity index is 450. The minimum atomic E-state index is -4.85. The van der Waals surface area contributed by atoms with E-state index in [-0.39, 0.29) is 6.42 Å². The van der Waals surface area contributed by atoms with Crippen LogP contribution in [0.15, 0.2) is 12.1 Å². The highest BCUT2D eigenvalue weighted by atomic mass is 19.4. The van der Waals surface area contributed by atoms with E-state index in [0.717, 1.165) is 0 Å². The first kappa shape index (κ1) is 15.7. The second-order valence-corrected chi connectivity index (χ2v) is 3.98. The number of anilines is 1. The molecule has 0 amide bonds. The van der Waals surface area contributed by atoms with Crippen molar-refractivity contribution in [3.8, 4) is 0 Å². The Hall–Kier alpha value is -1.38. The number of nitrogens with two attached hydrogens (primary N) is 1. The third-order valence-corrected chi connectivity index (χ3v) is 2.58. The molecule has 0 saturated carbocycles. The van der Waals surface area contributed by atoms with Crippen LogP contribution in [0.25, 0.3) is 0 Å². The van der Waals surface area contributed by atoms with Gasteiger partial charge in [0.1, 0.15) is 11.9 Å². The van der Waals surface area contributed by atoms with Gasteiger partial charge in [-0.05, 0) is 24.1 Å². The van der Waals surface area contributed by atoms with Crippen molar-refractivity contribution in [2.75, 3.05) is 12.3 Å².